The quantitative estimate of drug-likeness (QED) is 0.668. The lowest BCUT2D eigenvalue weighted by atomic mass is 9.97. The first-order valence-electron chi connectivity index (χ1n) is 9.42. The van der Waals surface area contributed by atoms with Crippen LogP contribution in [-0.4, -0.2) is 45.7 Å². The van der Waals surface area contributed by atoms with E-state index >= 15 is 0 Å². The van der Waals surface area contributed by atoms with Gasteiger partial charge >= 0.3 is 6.18 Å². The molecule has 0 saturated carbocycles. The van der Waals surface area contributed by atoms with Gasteiger partial charge in [0.15, 0.2) is 0 Å². The third kappa shape index (κ3) is 4.15. The number of hydrogen-bond donors (Lipinski definition) is 1. The first-order chi connectivity index (χ1) is 13.4. The molecule has 0 spiro atoms. The summed E-state index contributed by atoms with van der Waals surface area (Å²) in [6, 6.07) is 5.21. The summed E-state index contributed by atoms with van der Waals surface area (Å²) in [6.45, 7) is 6.47. The summed E-state index contributed by atoms with van der Waals surface area (Å²) >= 11 is 1.41. The largest absolute Gasteiger partial charge is 0.416 e. The van der Waals surface area contributed by atoms with Gasteiger partial charge in [-0.3, -0.25) is 0 Å². The molecule has 1 N–H and O–H groups in total. The van der Waals surface area contributed by atoms with E-state index in [0.717, 1.165) is 43.4 Å². The molecule has 1 fully saturated rings. The number of imidazole rings is 1. The summed E-state index contributed by atoms with van der Waals surface area (Å²) in [5.41, 5.74) is 0.249. The number of likely N-dealkylation sites (tertiary alicyclic amines) is 1. The van der Waals surface area contributed by atoms with Gasteiger partial charge < -0.3 is 10.2 Å². The van der Waals surface area contributed by atoms with E-state index in [2.05, 4.69) is 27.2 Å². The molecule has 9 heteroatoms. The predicted octanol–water partition coefficient (Wildman–Crippen LogP) is 4.62. The lowest BCUT2D eigenvalue weighted by Gasteiger charge is -2.30. The third-order valence-corrected chi connectivity index (χ3v) is 6.11. The van der Waals surface area contributed by atoms with Crippen molar-refractivity contribution in [1.82, 2.24) is 19.5 Å². The van der Waals surface area contributed by atoms with Crippen LogP contribution in [0.25, 0.3) is 16.2 Å². The van der Waals surface area contributed by atoms with Gasteiger partial charge in [-0.05, 0) is 50.5 Å². The van der Waals surface area contributed by atoms with Crippen LogP contribution in [0.4, 0.5) is 18.3 Å². The van der Waals surface area contributed by atoms with E-state index in [1.165, 1.54) is 30.2 Å². The molecule has 0 amide bonds. The number of nitrogens with one attached hydrogen (secondary N) is 1. The maximum atomic E-state index is 12.9. The van der Waals surface area contributed by atoms with Crippen LogP contribution in [0.1, 0.15) is 25.3 Å². The van der Waals surface area contributed by atoms with E-state index in [1.54, 1.807) is 16.8 Å². The fourth-order valence-electron chi connectivity index (χ4n) is 3.50. The standard InChI is InChI=1S/C19H22F3N5S/c1-2-26-8-6-13(7-9-26)11-23-17-25-27-12-16(24-18(27)28-17)14-4-3-5-15(10-14)19(20,21)22/h3-5,10,12-13H,2,6-9,11H2,1H3,(H,23,25). The normalized spacial score (nSPS) is 16.7. The number of hydrogen-bond acceptors (Lipinski definition) is 5. The molecule has 28 heavy (non-hydrogen) atoms. The van der Waals surface area contributed by atoms with Gasteiger partial charge in [0.25, 0.3) is 0 Å². The van der Waals surface area contributed by atoms with E-state index < -0.39 is 11.7 Å². The van der Waals surface area contributed by atoms with Crippen LogP contribution >= 0.6 is 11.3 Å². The van der Waals surface area contributed by atoms with Crippen LogP contribution in [0, 0.1) is 5.92 Å². The van der Waals surface area contributed by atoms with Gasteiger partial charge in [0.1, 0.15) is 0 Å². The molecule has 0 bridgehead atoms. The zero-order chi connectivity index (χ0) is 19.7. The van der Waals surface area contributed by atoms with Crippen LogP contribution < -0.4 is 5.32 Å². The number of piperidine rings is 1. The molecule has 3 aromatic rings. The summed E-state index contributed by atoms with van der Waals surface area (Å²) in [5, 5.41) is 8.65. The molecule has 5 nitrogen and oxygen atoms in total. The van der Waals surface area contributed by atoms with E-state index in [9.17, 15) is 13.2 Å². The maximum absolute atomic E-state index is 12.9. The lowest BCUT2D eigenvalue weighted by molar-refractivity contribution is -0.137. The Morgan fingerprint density at radius 3 is 2.71 bits per heavy atom. The molecule has 3 heterocycles. The minimum absolute atomic E-state index is 0.435. The van der Waals surface area contributed by atoms with Crippen molar-refractivity contribution in [2.75, 3.05) is 31.5 Å². The van der Waals surface area contributed by atoms with Crippen LogP contribution in [0.3, 0.4) is 0 Å². The molecule has 1 aliphatic heterocycles. The first kappa shape index (κ1) is 19.2. The first-order valence-corrected chi connectivity index (χ1v) is 10.2. The van der Waals surface area contributed by atoms with Crippen LogP contribution in [0.5, 0.6) is 0 Å². The van der Waals surface area contributed by atoms with E-state index in [1.807, 2.05) is 0 Å². The molecular formula is C19H22F3N5S. The van der Waals surface area contributed by atoms with Gasteiger partial charge in [0, 0.05) is 12.1 Å². The van der Waals surface area contributed by atoms with Gasteiger partial charge in [0.2, 0.25) is 10.1 Å². The monoisotopic (exact) mass is 409 g/mol. The van der Waals surface area contributed by atoms with Gasteiger partial charge in [0.05, 0.1) is 17.5 Å². The number of alkyl halides is 3. The van der Waals surface area contributed by atoms with Crippen molar-refractivity contribution in [2.24, 2.45) is 5.92 Å². The van der Waals surface area contributed by atoms with E-state index in [-0.39, 0.29) is 0 Å². The zero-order valence-corrected chi connectivity index (χ0v) is 16.4. The SMILES string of the molecule is CCN1CCC(CNc2nn3cc(-c4cccc(C(F)(F)F)c4)nc3s2)CC1. The van der Waals surface area contributed by atoms with E-state index in [0.29, 0.717) is 22.1 Å². The molecule has 0 unspecified atom stereocenters. The molecule has 2 aromatic heterocycles. The predicted molar refractivity (Wildman–Crippen MR) is 105 cm³/mol. The topological polar surface area (TPSA) is 45.5 Å². The maximum Gasteiger partial charge on any atom is 0.416 e. The Labute approximate surface area is 165 Å². The number of halogens is 3. The van der Waals surface area contributed by atoms with Crippen LogP contribution in [-0.2, 0) is 6.18 Å². The average Bonchev–Trinajstić information content (AvgIpc) is 3.25. The minimum atomic E-state index is -4.37. The summed E-state index contributed by atoms with van der Waals surface area (Å²) in [4.78, 5) is 7.57. The summed E-state index contributed by atoms with van der Waals surface area (Å²) in [7, 11) is 0. The molecule has 1 aromatic carbocycles. The fourth-order valence-corrected chi connectivity index (χ4v) is 4.29. The number of benzene rings is 1. The summed E-state index contributed by atoms with van der Waals surface area (Å²) in [6.07, 6.45) is -0.325. The Morgan fingerprint density at radius 1 is 1.25 bits per heavy atom. The fraction of sp³-hybridized carbons (Fsp3) is 0.474. The number of rotatable bonds is 5. The highest BCUT2D eigenvalue weighted by Gasteiger charge is 2.30. The van der Waals surface area contributed by atoms with Gasteiger partial charge in [-0.25, -0.2) is 9.50 Å². The molecule has 0 atom stereocenters. The molecule has 0 radical (unpaired) electrons. The number of aromatic nitrogens is 3. The number of anilines is 1. The highest BCUT2D eigenvalue weighted by Crippen LogP contribution is 2.32. The van der Waals surface area contributed by atoms with Gasteiger partial charge in [-0.1, -0.05) is 30.4 Å². The Kier molecular flexibility index (Phi) is 5.29. The Balaban J connectivity index is 1.43. The van der Waals surface area contributed by atoms with Gasteiger partial charge in [-0.2, -0.15) is 13.2 Å². The van der Waals surface area contributed by atoms with Gasteiger partial charge in [-0.15, -0.1) is 5.10 Å². The van der Waals surface area contributed by atoms with Crippen molar-refractivity contribution in [1.29, 1.82) is 0 Å². The number of nitrogens with zero attached hydrogens (tertiary/aromatic N) is 4. The molecular weight excluding hydrogens is 387 g/mol. The Bertz CT molecular complexity index is 909. The summed E-state index contributed by atoms with van der Waals surface area (Å²) in [5.74, 6) is 0.639. The number of fused-ring (bicyclic) bond motifs is 1. The molecule has 0 aliphatic carbocycles. The second kappa shape index (κ2) is 7.71. The van der Waals surface area contributed by atoms with Crippen molar-refractivity contribution < 1.29 is 13.2 Å². The molecule has 1 aliphatic rings. The lowest BCUT2D eigenvalue weighted by Crippen LogP contribution is -2.35. The summed E-state index contributed by atoms with van der Waals surface area (Å²) < 4.78 is 40.4. The van der Waals surface area contributed by atoms with Crippen LogP contribution in [0.15, 0.2) is 30.5 Å². The zero-order valence-electron chi connectivity index (χ0n) is 15.5. The Morgan fingerprint density at radius 2 is 2.04 bits per heavy atom. The highest BCUT2D eigenvalue weighted by atomic mass is 32.1. The smallest absolute Gasteiger partial charge is 0.360 e. The van der Waals surface area contributed by atoms with Crippen molar-refractivity contribution in [3.05, 3.63) is 36.0 Å². The van der Waals surface area contributed by atoms with Crippen molar-refractivity contribution >= 4 is 21.4 Å². The molecule has 1 saturated heterocycles. The third-order valence-electron chi connectivity index (χ3n) is 5.23. The Hall–Kier alpha value is -2.13. The minimum Gasteiger partial charge on any atom is -0.360 e. The van der Waals surface area contributed by atoms with Crippen LogP contribution in [0.2, 0.25) is 0 Å². The average molecular weight is 409 g/mol. The van der Waals surface area contributed by atoms with Crippen molar-refractivity contribution in [2.45, 2.75) is 25.9 Å². The van der Waals surface area contributed by atoms with Crippen molar-refractivity contribution in [3.8, 4) is 11.3 Å². The second-order valence-corrected chi connectivity index (χ2v) is 8.05. The van der Waals surface area contributed by atoms with E-state index in [4.69, 9.17) is 0 Å². The molecule has 150 valence electrons. The highest BCUT2D eigenvalue weighted by molar-refractivity contribution is 7.20. The molecule has 4 rings (SSSR count). The second-order valence-electron chi connectivity index (χ2n) is 7.10. The van der Waals surface area contributed by atoms with Crippen molar-refractivity contribution in [3.63, 3.8) is 0 Å².